The van der Waals surface area contributed by atoms with E-state index >= 15 is 0 Å². The lowest BCUT2D eigenvalue weighted by Crippen LogP contribution is -2.30. The molecule has 1 aromatic heterocycles. The number of hydrogen-bond donors (Lipinski definition) is 2. The van der Waals surface area contributed by atoms with Crippen molar-refractivity contribution in [3.63, 3.8) is 0 Å². The number of nitrogens with zero attached hydrogens (tertiary/aromatic N) is 3. The number of rotatable bonds is 6. The maximum Gasteiger partial charge on any atom is 0.138 e. The van der Waals surface area contributed by atoms with E-state index in [1.807, 2.05) is 35.9 Å². The topological polar surface area (TPSA) is 78.0 Å². The van der Waals surface area contributed by atoms with Crippen LogP contribution < -0.4 is 16.0 Å². The summed E-state index contributed by atoms with van der Waals surface area (Å²) in [5.74, 6) is 7.39. The van der Waals surface area contributed by atoms with E-state index < -0.39 is 0 Å². The Morgan fingerprint density at radius 2 is 2.11 bits per heavy atom. The van der Waals surface area contributed by atoms with E-state index in [9.17, 15) is 0 Å². The molecule has 0 fully saturated rings. The van der Waals surface area contributed by atoms with Crippen LogP contribution in [0.4, 0.5) is 0 Å². The number of hydrazine groups is 1. The highest BCUT2D eigenvalue weighted by Gasteiger charge is 2.14. The second-order valence-corrected chi connectivity index (χ2v) is 4.19. The molecule has 19 heavy (non-hydrogen) atoms. The zero-order valence-electron chi connectivity index (χ0n) is 11.2. The van der Waals surface area contributed by atoms with Crippen LogP contribution in [-0.4, -0.2) is 21.9 Å². The van der Waals surface area contributed by atoms with Crippen LogP contribution in [0.2, 0.25) is 0 Å². The molecule has 0 bridgehead atoms. The molecular formula is C13H19N5O. The minimum Gasteiger partial charge on any atom is -0.497 e. The molecule has 0 saturated carbocycles. The first-order chi connectivity index (χ1) is 9.28. The van der Waals surface area contributed by atoms with Crippen LogP contribution in [-0.2, 0) is 13.0 Å². The van der Waals surface area contributed by atoms with Gasteiger partial charge in [0, 0.05) is 13.0 Å². The van der Waals surface area contributed by atoms with Gasteiger partial charge in [-0.15, -0.1) is 0 Å². The quantitative estimate of drug-likeness (QED) is 0.600. The fraction of sp³-hybridized carbons (Fsp3) is 0.385. The number of benzene rings is 1. The second kappa shape index (κ2) is 6.31. The summed E-state index contributed by atoms with van der Waals surface area (Å²) in [6.07, 6.45) is 2.26. The van der Waals surface area contributed by atoms with Gasteiger partial charge >= 0.3 is 0 Å². The molecule has 2 rings (SSSR count). The van der Waals surface area contributed by atoms with E-state index in [0.29, 0.717) is 6.42 Å². The molecule has 0 aliphatic heterocycles. The number of ether oxygens (including phenoxy) is 1. The summed E-state index contributed by atoms with van der Waals surface area (Å²) >= 11 is 0. The highest BCUT2D eigenvalue weighted by molar-refractivity contribution is 5.29. The summed E-state index contributed by atoms with van der Waals surface area (Å²) < 4.78 is 7.02. The molecule has 1 unspecified atom stereocenters. The van der Waals surface area contributed by atoms with Gasteiger partial charge < -0.3 is 4.74 Å². The Bertz CT molecular complexity index is 508. The largest absolute Gasteiger partial charge is 0.497 e. The van der Waals surface area contributed by atoms with E-state index in [4.69, 9.17) is 10.6 Å². The third-order valence-corrected chi connectivity index (χ3v) is 3.10. The molecule has 0 saturated heterocycles. The number of aromatic nitrogens is 3. The van der Waals surface area contributed by atoms with Crippen LogP contribution in [0.25, 0.3) is 0 Å². The fourth-order valence-corrected chi connectivity index (χ4v) is 2.00. The average Bonchev–Trinajstić information content (AvgIpc) is 2.92. The predicted molar refractivity (Wildman–Crippen MR) is 72.5 cm³/mol. The summed E-state index contributed by atoms with van der Waals surface area (Å²) in [4.78, 5) is 4.27. The summed E-state index contributed by atoms with van der Waals surface area (Å²) in [6.45, 7) is 2.84. The van der Waals surface area contributed by atoms with Crippen molar-refractivity contribution in [2.75, 3.05) is 7.11 Å². The lowest BCUT2D eigenvalue weighted by molar-refractivity contribution is 0.414. The Kier molecular flexibility index (Phi) is 4.48. The third kappa shape index (κ3) is 3.10. The number of nitrogens with two attached hydrogens (primary N) is 1. The molecule has 0 aliphatic rings. The molecule has 2 aromatic rings. The van der Waals surface area contributed by atoms with Crippen molar-refractivity contribution >= 4 is 0 Å². The molecule has 6 nitrogen and oxygen atoms in total. The van der Waals surface area contributed by atoms with Crippen LogP contribution in [0.3, 0.4) is 0 Å². The highest BCUT2D eigenvalue weighted by atomic mass is 16.5. The lowest BCUT2D eigenvalue weighted by Gasteiger charge is -2.16. The number of aryl methyl sites for hydroxylation is 1. The van der Waals surface area contributed by atoms with Crippen molar-refractivity contribution < 1.29 is 4.74 Å². The van der Waals surface area contributed by atoms with Gasteiger partial charge in [-0.1, -0.05) is 12.1 Å². The molecule has 0 spiro atoms. The van der Waals surface area contributed by atoms with E-state index in [0.717, 1.165) is 23.7 Å². The summed E-state index contributed by atoms with van der Waals surface area (Å²) in [6, 6.07) is 7.83. The fourth-order valence-electron chi connectivity index (χ4n) is 2.00. The first-order valence-electron chi connectivity index (χ1n) is 6.25. The molecule has 102 valence electrons. The second-order valence-electron chi connectivity index (χ2n) is 4.19. The first kappa shape index (κ1) is 13.5. The van der Waals surface area contributed by atoms with Crippen molar-refractivity contribution in [1.29, 1.82) is 0 Å². The minimum atomic E-state index is 0.000376. The SMILES string of the molecule is CCn1ncnc1CC(NN)c1ccc(OC)cc1. The van der Waals surface area contributed by atoms with Gasteiger partial charge in [0.2, 0.25) is 0 Å². The predicted octanol–water partition coefficient (Wildman–Crippen LogP) is 1.05. The van der Waals surface area contributed by atoms with Gasteiger partial charge in [-0.25, -0.2) is 4.98 Å². The molecule has 1 atom stereocenters. The van der Waals surface area contributed by atoms with Crippen molar-refractivity contribution in [1.82, 2.24) is 20.2 Å². The summed E-state index contributed by atoms with van der Waals surface area (Å²) in [7, 11) is 1.65. The van der Waals surface area contributed by atoms with E-state index in [2.05, 4.69) is 15.5 Å². The number of hydrogen-bond acceptors (Lipinski definition) is 5. The van der Waals surface area contributed by atoms with Gasteiger partial charge in [-0.3, -0.25) is 16.0 Å². The van der Waals surface area contributed by atoms with Crippen LogP contribution >= 0.6 is 0 Å². The molecule has 6 heteroatoms. The summed E-state index contributed by atoms with van der Waals surface area (Å²) in [5.41, 5.74) is 3.92. The Morgan fingerprint density at radius 1 is 1.37 bits per heavy atom. The number of methoxy groups -OCH3 is 1. The van der Waals surface area contributed by atoms with Gasteiger partial charge in [0.15, 0.2) is 0 Å². The maximum atomic E-state index is 5.64. The van der Waals surface area contributed by atoms with Crippen molar-refractivity contribution in [3.8, 4) is 5.75 Å². The van der Waals surface area contributed by atoms with Crippen LogP contribution in [0, 0.1) is 0 Å². The van der Waals surface area contributed by atoms with Gasteiger partial charge in [0.25, 0.3) is 0 Å². The lowest BCUT2D eigenvalue weighted by atomic mass is 10.0. The van der Waals surface area contributed by atoms with Crippen LogP contribution in [0.1, 0.15) is 24.4 Å². The van der Waals surface area contributed by atoms with E-state index in [1.54, 1.807) is 13.4 Å². The van der Waals surface area contributed by atoms with Gasteiger partial charge in [-0.2, -0.15) is 5.10 Å². The van der Waals surface area contributed by atoms with E-state index in [-0.39, 0.29) is 6.04 Å². The van der Waals surface area contributed by atoms with Gasteiger partial charge in [-0.05, 0) is 24.6 Å². The zero-order valence-corrected chi connectivity index (χ0v) is 11.2. The Hall–Kier alpha value is -1.92. The first-order valence-corrected chi connectivity index (χ1v) is 6.25. The molecule has 0 aliphatic carbocycles. The molecule has 0 radical (unpaired) electrons. The molecule has 0 amide bonds. The maximum absolute atomic E-state index is 5.64. The van der Waals surface area contributed by atoms with Gasteiger partial charge in [0.05, 0.1) is 13.2 Å². The molecule has 1 heterocycles. The highest BCUT2D eigenvalue weighted by Crippen LogP contribution is 2.19. The Labute approximate surface area is 112 Å². The average molecular weight is 261 g/mol. The zero-order chi connectivity index (χ0) is 13.7. The number of nitrogens with one attached hydrogen (secondary N) is 1. The summed E-state index contributed by atoms with van der Waals surface area (Å²) in [5, 5.41) is 4.16. The molecule has 3 N–H and O–H groups in total. The Morgan fingerprint density at radius 3 is 2.68 bits per heavy atom. The standard InChI is InChI=1S/C13H19N5O/c1-3-18-13(15-9-16-18)8-12(17-14)10-4-6-11(19-2)7-5-10/h4-7,9,12,17H,3,8,14H2,1-2H3. The van der Waals surface area contributed by atoms with Crippen molar-refractivity contribution in [3.05, 3.63) is 42.0 Å². The van der Waals surface area contributed by atoms with E-state index in [1.165, 1.54) is 0 Å². The minimum absolute atomic E-state index is 0.000376. The molecule has 1 aromatic carbocycles. The molecular weight excluding hydrogens is 242 g/mol. The van der Waals surface area contributed by atoms with Crippen LogP contribution in [0.5, 0.6) is 5.75 Å². The Balaban J connectivity index is 2.15. The third-order valence-electron chi connectivity index (χ3n) is 3.10. The van der Waals surface area contributed by atoms with Crippen LogP contribution in [0.15, 0.2) is 30.6 Å². The van der Waals surface area contributed by atoms with Crippen molar-refractivity contribution in [2.24, 2.45) is 5.84 Å². The normalized spacial score (nSPS) is 12.4. The van der Waals surface area contributed by atoms with Crippen molar-refractivity contribution in [2.45, 2.75) is 25.9 Å². The smallest absolute Gasteiger partial charge is 0.138 e. The monoisotopic (exact) mass is 261 g/mol. The van der Waals surface area contributed by atoms with Gasteiger partial charge in [0.1, 0.15) is 17.9 Å².